The van der Waals surface area contributed by atoms with Crippen LogP contribution in [0.5, 0.6) is 11.5 Å². The van der Waals surface area contributed by atoms with E-state index in [9.17, 15) is 15.0 Å². The third-order valence-electron chi connectivity index (χ3n) is 3.92. The van der Waals surface area contributed by atoms with E-state index in [0.717, 1.165) is 25.7 Å². The summed E-state index contributed by atoms with van der Waals surface area (Å²) in [7, 11) is 0. The van der Waals surface area contributed by atoms with Gasteiger partial charge in [0.25, 0.3) is 0 Å². The van der Waals surface area contributed by atoms with Gasteiger partial charge in [-0.05, 0) is 31.7 Å². The largest absolute Gasteiger partial charge is 0.508 e. The first kappa shape index (κ1) is 14.4. The lowest BCUT2D eigenvalue weighted by Gasteiger charge is -2.12. The maximum atomic E-state index is 11.5. The second kappa shape index (κ2) is 6.09. The van der Waals surface area contributed by atoms with Gasteiger partial charge in [0.2, 0.25) is 0 Å². The monoisotopic (exact) mass is 302 g/mol. The second-order valence-corrected chi connectivity index (χ2v) is 5.47. The van der Waals surface area contributed by atoms with Crippen molar-refractivity contribution >= 4 is 5.97 Å². The number of aromatic carboxylic acids is 1. The predicted octanol–water partition coefficient (Wildman–Crippen LogP) is 2.66. The van der Waals surface area contributed by atoms with Gasteiger partial charge in [-0.25, -0.2) is 4.79 Å². The molecule has 22 heavy (non-hydrogen) atoms. The topological polar surface area (TPSA) is 84.6 Å². The Bertz CT molecular complexity index is 675. The second-order valence-electron chi connectivity index (χ2n) is 5.47. The van der Waals surface area contributed by atoms with Gasteiger partial charge >= 0.3 is 5.97 Å². The van der Waals surface area contributed by atoms with E-state index in [1.807, 2.05) is 0 Å². The van der Waals surface area contributed by atoms with Crippen LogP contribution in [0.4, 0.5) is 0 Å². The molecule has 0 atom stereocenters. The molecule has 1 saturated carbocycles. The summed E-state index contributed by atoms with van der Waals surface area (Å²) in [6.45, 7) is 0.183. The third-order valence-corrected chi connectivity index (χ3v) is 3.92. The number of nitrogens with zero attached hydrogens (tertiary/aromatic N) is 2. The zero-order valence-electron chi connectivity index (χ0n) is 12.1. The molecule has 0 bridgehead atoms. The van der Waals surface area contributed by atoms with E-state index >= 15 is 0 Å². The smallest absolute Gasteiger partial charge is 0.358 e. The van der Waals surface area contributed by atoms with Gasteiger partial charge in [-0.15, -0.1) is 0 Å². The number of ether oxygens (including phenoxy) is 1. The van der Waals surface area contributed by atoms with Crippen LogP contribution in [0.1, 0.15) is 41.7 Å². The fraction of sp³-hybridized carbons (Fsp3) is 0.375. The molecule has 1 heterocycles. The molecule has 0 unspecified atom stereocenters. The minimum Gasteiger partial charge on any atom is -0.508 e. The van der Waals surface area contributed by atoms with Crippen molar-refractivity contribution in [2.24, 2.45) is 0 Å². The lowest BCUT2D eigenvalue weighted by Crippen LogP contribution is -2.16. The van der Waals surface area contributed by atoms with E-state index in [1.54, 1.807) is 24.3 Å². The predicted molar refractivity (Wildman–Crippen MR) is 79.3 cm³/mol. The van der Waals surface area contributed by atoms with Crippen molar-refractivity contribution in [1.82, 2.24) is 9.78 Å². The van der Waals surface area contributed by atoms with E-state index in [1.165, 1.54) is 10.9 Å². The number of carboxylic acid groups (broad SMARTS) is 1. The highest BCUT2D eigenvalue weighted by atomic mass is 16.5. The number of phenols is 1. The summed E-state index contributed by atoms with van der Waals surface area (Å²) >= 11 is 0. The fourth-order valence-electron chi connectivity index (χ4n) is 2.78. The van der Waals surface area contributed by atoms with Crippen LogP contribution in [0.2, 0.25) is 0 Å². The number of benzene rings is 1. The van der Waals surface area contributed by atoms with Crippen molar-refractivity contribution < 1.29 is 19.7 Å². The molecule has 0 spiro atoms. The van der Waals surface area contributed by atoms with Gasteiger partial charge in [0.05, 0.1) is 18.8 Å². The molecule has 1 aliphatic carbocycles. The van der Waals surface area contributed by atoms with Crippen LogP contribution in [0.15, 0.2) is 30.5 Å². The normalized spacial score (nSPS) is 15.1. The minimum absolute atomic E-state index is 0.0233. The first-order valence-corrected chi connectivity index (χ1v) is 7.38. The first-order chi connectivity index (χ1) is 10.6. The van der Waals surface area contributed by atoms with Crippen LogP contribution in [0.25, 0.3) is 0 Å². The molecule has 3 rings (SSSR count). The molecule has 0 saturated heterocycles. The van der Waals surface area contributed by atoms with E-state index < -0.39 is 5.97 Å². The number of aromatic hydroxyl groups is 1. The van der Waals surface area contributed by atoms with Crippen molar-refractivity contribution in [3.8, 4) is 11.5 Å². The molecule has 2 aromatic rings. The zero-order chi connectivity index (χ0) is 15.5. The highest BCUT2D eigenvalue weighted by Gasteiger charge is 2.24. The lowest BCUT2D eigenvalue weighted by molar-refractivity contribution is 0.0676. The van der Waals surface area contributed by atoms with Crippen molar-refractivity contribution in [3.63, 3.8) is 0 Å². The van der Waals surface area contributed by atoms with Gasteiger partial charge < -0.3 is 14.9 Å². The van der Waals surface area contributed by atoms with Crippen LogP contribution in [-0.4, -0.2) is 32.1 Å². The summed E-state index contributed by atoms with van der Waals surface area (Å²) in [5, 5.41) is 23.4. The number of aromatic nitrogens is 2. The number of carboxylic acids is 1. The molecule has 116 valence electrons. The van der Waals surface area contributed by atoms with E-state index in [-0.39, 0.29) is 24.1 Å². The van der Waals surface area contributed by atoms with E-state index in [2.05, 4.69) is 5.10 Å². The number of para-hydroxylation sites is 1. The Morgan fingerprint density at radius 1 is 1.32 bits per heavy atom. The fourth-order valence-corrected chi connectivity index (χ4v) is 2.78. The maximum absolute atomic E-state index is 11.5. The van der Waals surface area contributed by atoms with Crippen LogP contribution >= 0.6 is 0 Å². The SMILES string of the molecule is O=C(O)c1c(OC2CCCC2)cnn1Cc1ccccc1O. The number of rotatable bonds is 5. The van der Waals surface area contributed by atoms with Crippen molar-refractivity contribution in [2.45, 2.75) is 38.3 Å². The van der Waals surface area contributed by atoms with Gasteiger partial charge in [0, 0.05) is 5.56 Å². The molecule has 0 amide bonds. The first-order valence-electron chi connectivity index (χ1n) is 7.38. The Labute approximate surface area is 128 Å². The molecular formula is C16H18N2O4. The van der Waals surface area contributed by atoms with Crippen LogP contribution in [0, 0.1) is 0 Å². The summed E-state index contributed by atoms with van der Waals surface area (Å²) in [6.07, 6.45) is 5.63. The quantitative estimate of drug-likeness (QED) is 0.887. The van der Waals surface area contributed by atoms with Crippen molar-refractivity contribution in [2.75, 3.05) is 0 Å². The molecule has 1 aliphatic rings. The summed E-state index contributed by atoms with van der Waals surface area (Å²) in [5.41, 5.74) is 0.635. The maximum Gasteiger partial charge on any atom is 0.358 e. The number of hydrogen-bond acceptors (Lipinski definition) is 4. The van der Waals surface area contributed by atoms with Gasteiger partial charge in [0.1, 0.15) is 5.75 Å². The minimum atomic E-state index is -1.08. The molecular weight excluding hydrogens is 284 g/mol. The molecule has 2 N–H and O–H groups in total. The van der Waals surface area contributed by atoms with Crippen LogP contribution < -0.4 is 4.74 Å². The summed E-state index contributed by atoms with van der Waals surface area (Å²) < 4.78 is 7.14. The average Bonchev–Trinajstić information content (AvgIpc) is 3.12. The summed E-state index contributed by atoms with van der Waals surface area (Å²) in [6, 6.07) is 6.80. The van der Waals surface area contributed by atoms with Gasteiger partial charge in [-0.3, -0.25) is 4.68 Å². The Hall–Kier alpha value is -2.50. The Morgan fingerprint density at radius 2 is 2.05 bits per heavy atom. The van der Waals surface area contributed by atoms with Gasteiger partial charge in [0.15, 0.2) is 11.4 Å². The highest BCUT2D eigenvalue weighted by molar-refractivity contribution is 5.88. The molecule has 1 aromatic heterocycles. The summed E-state index contributed by atoms with van der Waals surface area (Å²) in [5.74, 6) is -0.664. The molecule has 0 radical (unpaired) electrons. The summed E-state index contributed by atoms with van der Waals surface area (Å²) in [4.78, 5) is 11.5. The van der Waals surface area contributed by atoms with Gasteiger partial charge in [-0.1, -0.05) is 18.2 Å². The Morgan fingerprint density at radius 3 is 2.73 bits per heavy atom. The number of hydrogen-bond donors (Lipinski definition) is 2. The van der Waals surface area contributed by atoms with E-state index in [4.69, 9.17) is 4.74 Å². The van der Waals surface area contributed by atoms with Crippen LogP contribution in [0.3, 0.4) is 0 Å². The molecule has 1 fully saturated rings. The molecule has 6 nitrogen and oxygen atoms in total. The Kier molecular flexibility index (Phi) is 4.00. The third kappa shape index (κ3) is 2.90. The molecule has 1 aromatic carbocycles. The highest BCUT2D eigenvalue weighted by Crippen LogP contribution is 2.27. The van der Waals surface area contributed by atoms with Crippen LogP contribution in [-0.2, 0) is 6.54 Å². The molecule has 6 heteroatoms. The van der Waals surface area contributed by atoms with Crippen molar-refractivity contribution in [1.29, 1.82) is 0 Å². The number of phenolic OH excluding ortho intramolecular Hbond substituents is 1. The molecule has 0 aliphatic heterocycles. The van der Waals surface area contributed by atoms with Crippen molar-refractivity contribution in [3.05, 3.63) is 41.7 Å². The lowest BCUT2D eigenvalue weighted by atomic mass is 10.2. The number of carbonyl (C=O) groups is 1. The Balaban J connectivity index is 1.86. The van der Waals surface area contributed by atoms with Gasteiger partial charge in [-0.2, -0.15) is 5.10 Å². The standard InChI is InChI=1S/C16H18N2O4/c19-13-8-4-1-5-11(13)10-18-15(16(20)21)14(9-17-18)22-12-6-2-3-7-12/h1,4-5,8-9,12,19H,2-3,6-7,10H2,(H,20,21). The average molecular weight is 302 g/mol. The zero-order valence-corrected chi connectivity index (χ0v) is 12.1. The van der Waals surface area contributed by atoms with E-state index in [0.29, 0.717) is 11.3 Å².